The second-order valence-electron chi connectivity index (χ2n) is 7.64. The highest BCUT2D eigenvalue weighted by molar-refractivity contribution is 7.92. The van der Waals surface area contributed by atoms with Gasteiger partial charge in [-0.25, -0.2) is 12.8 Å². The van der Waals surface area contributed by atoms with Gasteiger partial charge in [-0.3, -0.25) is 9.52 Å². The van der Waals surface area contributed by atoms with Gasteiger partial charge in [-0.05, 0) is 43.9 Å². The summed E-state index contributed by atoms with van der Waals surface area (Å²) in [5, 5.41) is 2.87. The summed E-state index contributed by atoms with van der Waals surface area (Å²) >= 11 is 0. The lowest BCUT2D eigenvalue weighted by Crippen LogP contribution is -2.33. The van der Waals surface area contributed by atoms with Gasteiger partial charge in [0.2, 0.25) is 0 Å². The number of benzene rings is 2. The molecule has 0 aliphatic heterocycles. The first-order valence-electron chi connectivity index (χ1n) is 9.93. The van der Waals surface area contributed by atoms with E-state index in [1.807, 2.05) is 6.92 Å². The van der Waals surface area contributed by atoms with Crippen molar-refractivity contribution in [2.75, 3.05) is 18.9 Å². The van der Waals surface area contributed by atoms with Crippen molar-refractivity contribution in [1.82, 2.24) is 5.32 Å². The van der Waals surface area contributed by atoms with Gasteiger partial charge in [-0.15, -0.1) is 0 Å². The lowest BCUT2D eigenvalue weighted by Gasteiger charge is -2.19. The van der Waals surface area contributed by atoms with E-state index in [0.717, 1.165) is 18.9 Å². The highest BCUT2D eigenvalue weighted by Gasteiger charge is 2.25. The van der Waals surface area contributed by atoms with Crippen molar-refractivity contribution in [2.24, 2.45) is 5.92 Å². The summed E-state index contributed by atoms with van der Waals surface area (Å²) in [4.78, 5) is 12.7. The maximum atomic E-state index is 13.9. The molecule has 1 atom stereocenters. The smallest absolute Gasteiger partial charge is 0.262 e. The fraction of sp³-hybridized carbons (Fsp3) is 0.409. The first-order chi connectivity index (χ1) is 14.6. The summed E-state index contributed by atoms with van der Waals surface area (Å²) in [6.45, 7) is 6.07. The summed E-state index contributed by atoms with van der Waals surface area (Å²) in [5.74, 6) is -0.537. The van der Waals surface area contributed by atoms with Crippen LogP contribution in [-0.4, -0.2) is 34.6 Å². The molecule has 0 aromatic heterocycles. The lowest BCUT2D eigenvalue weighted by molar-refractivity contribution is 0.0933. The number of amides is 1. The molecule has 0 saturated heterocycles. The van der Waals surface area contributed by atoms with Gasteiger partial charge in [-0.2, -0.15) is 0 Å². The molecule has 2 N–H and O–H groups in total. The minimum absolute atomic E-state index is 0.00663. The Morgan fingerprint density at radius 1 is 1.06 bits per heavy atom. The zero-order chi connectivity index (χ0) is 23.2. The molecule has 0 aliphatic rings. The fourth-order valence-corrected chi connectivity index (χ4v) is 4.08. The first kappa shape index (κ1) is 24.5. The molecule has 0 fully saturated rings. The molecule has 9 heteroatoms. The number of para-hydroxylation sites is 1. The van der Waals surface area contributed by atoms with Crippen LogP contribution in [0.1, 0.15) is 44.0 Å². The van der Waals surface area contributed by atoms with Crippen molar-refractivity contribution in [2.45, 2.75) is 44.6 Å². The highest BCUT2D eigenvalue weighted by atomic mass is 32.2. The lowest BCUT2D eigenvalue weighted by atomic mass is 10.0. The molecule has 170 valence electrons. The summed E-state index contributed by atoms with van der Waals surface area (Å²) < 4.78 is 52.5. The zero-order valence-electron chi connectivity index (χ0n) is 18.4. The Balaban J connectivity index is 2.42. The zero-order valence-corrected chi connectivity index (χ0v) is 19.2. The molecule has 0 spiro atoms. The van der Waals surface area contributed by atoms with Crippen molar-refractivity contribution >= 4 is 21.6 Å². The Bertz CT molecular complexity index is 1020. The van der Waals surface area contributed by atoms with Crippen molar-refractivity contribution in [3.63, 3.8) is 0 Å². The Morgan fingerprint density at radius 2 is 1.74 bits per heavy atom. The number of nitrogens with one attached hydrogen (secondary N) is 2. The van der Waals surface area contributed by atoms with Crippen molar-refractivity contribution in [3.8, 4) is 11.5 Å². The molecule has 7 nitrogen and oxygen atoms in total. The summed E-state index contributed by atoms with van der Waals surface area (Å²) in [5.41, 5.74) is -0.197. The molecule has 0 heterocycles. The number of halogens is 1. The molecular formula is C22H29FN2O5S. The van der Waals surface area contributed by atoms with Crippen LogP contribution in [0.2, 0.25) is 0 Å². The van der Waals surface area contributed by atoms with E-state index >= 15 is 0 Å². The van der Waals surface area contributed by atoms with Gasteiger partial charge in [0, 0.05) is 12.1 Å². The molecule has 31 heavy (non-hydrogen) atoms. The number of rotatable bonds is 10. The maximum absolute atomic E-state index is 13.9. The Labute approximate surface area is 183 Å². The molecule has 2 rings (SSSR count). The van der Waals surface area contributed by atoms with Gasteiger partial charge in [0.05, 0.1) is 30.4 Å². The van der Waals surface area contributed by atoms with Crippen LogP contribution in [0.25, 0.3) is 0 Å². The molecule has 0 saturated carbocycles. The molecule has 2 aromatic rings. The van der Waals surface area contributed by atoms with Crippen molar-refractivity contribution < 1.29 is 27.1 Å². The van der Waals surface area contributed by atoms with Crippen LogP contribution < -0.4 is 19.5 Å². The molecule has 2 aromatic carbocycles. The predicted molar refractivity (Wildman–Crippen MR) is 118 cm³/mol. The SMILES string of the molecule is COc1cc(S(=O)(=O)Nc2ccccc2F)cc(C(=O)NC(C)CCC(C)C)c1OC. The van der Waals surface area contributed by atoms with E-state index in [1.165, 1.54) is 44.6 Å². The van der Waals surface area contributed by atoms with Crippen LogP contribution in [-0.2, 0) is 10.0 Å². The Morgan fingerprint density at radius 3 is 2.32 bits per heavy atom. The van der Waals surface area contributed by atoms with Crippen LogP contribution in [0.15, 0.2) is 41.3 Å². The average Bonchev–Trinajstić information content (AvgIpc) is 2.72. The molecule has 0 aliphatic carbocycles. The standard InChI is InChI=1S/C22H29FN2O5S/c1-14(2)10-11-15(3)24-22(26)17-12-16(13-20(29-4)21(17)30-5)31(27,28)25-19-9-7-6-8-18(19)23/h6-9,12-15,25H,10-11H2,1-5H3,(H,24,26). The van der Waals surface area contributed by atoms with E-state index in [9.17, 15) is 17.6 Å². The first-order valence-corrected chi connectivity index (χ1v) is 11.4. The fourth-order valence-electron chi connectivity index (χ4n) is 2.97. The normalized spacial score (nSPS) is 12.4. The van der Waals surface area contributed by atoms with Crippen LogP contribution in [0.3, 0.4) is 0 Å². The van der Waals surface area contributed by atoms with Gasteiger partial charge >= 0.3 is 0 Å². The minimum atomic E-state index is -4.20. The van der Waals surface area contributed by atoms with Crippen molar-refractivity contribution in [3.05, 3.63) is 47.8 Å². The second kappa shape index (κ2) is 10.5. The third-order valence-corrected chi connectivity index (χ3v) is 6.02. The summed E-state index contributed by atoms with van der Waals surface area (Å²) in [6, 6.07) is 7.69. The van der Waals surface area contributed by atoms with Gasteiger partial charge in [-0.1, -0.05) is 26.0 Å². The van der Waals surface area contributed by atoms with E-state index in [0.29, 0.717) is 5.92 Å². The second-order valence-corrected chi connectivity index (χ2v) is 9.32. The van der Waals surface area contributed by atoms with E-state index in [-0.39, 0.29) is 33.7 Å². The number of ether oxygens (including phenoxy) is 2. The van der Waals surface area contributed by atoms with Gasteiger partial charge in [0.1, 0.15) is 5.82 Å². The van der Waals surface area contributed by atoms with Crippen molar-refractivity contribution in [1.29, 1.82) is 0 Å². The number of methoxy groups -OCH3 is 2. The number of anilines is 1. The molecule has 1 amide bonds. The number of hydrogen-bond donors (Lipinski definition) is 2. The van der Waals surface area contributed by atoms with Crippen LogP contribution in [0, 0.1) is 11.7 Å². The molecule has 0 radical (unpaired) electrons. The molecule has 1 unspecified atom stereocenters. The van der Waals surface area contributed by atoms with E-state index in [1.54, 1.807) is 0 Å². The summed E-state index contributed by atoms with van der Waals surface area (Å²) in [7, 11) is -1.50. The topological polar surface area (TPSA) is 93.7 Å². The summed E-state index contributed by atoms with van der Waals surface area (Å²) in [6.07, 6.45) is 1.71. The maximum Gasteiger partial charge on any atom is 0.262 e. The quantitative estimate of drug-likeness (QED) is 0.564. The number of carbonyl (C=O) groups is 1. The molecule has 0 bridgehead atoms. The predicted octanol–water partition coefficient (Wildman–Crippen LogP) is 4.20. The average molecular weight is 453 g/mol. The number of hydrogen-bond acceptors (Lipinski definition) is 5. The monoisotopic (exact) mass is 452 g/mol. The Kier molecular flexibility index (Phi) is 8.27. The van der Waals surface area contributed by atoms with E-state index in [4.69, 9.17) is 9.47 Å². The van der Waals surface area contributed by atoms with E-state index < -0.39 is 21.7 Å². The van der Waals surface area contributed by atoms with E-state index in [2.05, 4.69) is 23.9 Å². The largest absolute Gasteiger partial charge is 0.493 e. The van der Waals surface area contributed by atoms with Crippen LogP contribution in [0.4, 0.5) is 10.1 Å². The number of carbonyl (C=O) groups excluding carboxylic acids is 1. The minimum Gasteiger partial charge on any atom is -0.493 e. The highest BCUT2D eigenvalue weighted by Crippen LogP contribution is 2.35. The van der Waals surface area contributed by atoms with Crippen LogP contribution >= 0.6 is 0 Å². The molecular weight excluding hydrogens is 423 g/mol. The van der Waals surface area contributed by atoms with Crippen LogP contribution in [0.5, 0.6) is 11.5 Å². The Hall–Kier alpha value is -2.81. The number of sulfonamides is 1. The van der Waals surface area contributed by atoms with Gasteiger partial charge in [0.15, 0.2) is 11.5 Å². The third-order valence-electron chi connectivity index (χ3n) is 4.68. The third kappa shape index (κ3) is 6.33. The van der Waals surface area contributed by atoms with Gasteiger partial charge < -0.3 is 14.8 Å². The van der Waals surface area contributed by atoms with Gasteiger partial charge in [0.25, 0.3) is 15.9 Å².